The quantitative estimate of drug-likeness (QED) is 0.650. The minimum Gasteiger partial charge on any atom is -0.355 e. The molecule has 0 radical (unpaired) electrons. The first-order chi connectivity index (χ1) is 14.5. The van der Waals surface area contributed by atoms with Crippen molar-refractivity contribution in [1.82, 2.24) is 10.2 Å². The molecule has 1 saturated heterocycles. The van der Waals surface area contributed by atoms with Crippen molar-refractivity contribution in [3.05, 3.63) is 71.3 Å². The number of amides is 1. The molecule has 3 aromatic rings. The highest BCUT2D eigenvalue weighted by Gasteiger charge is 2.17. The second kappa shape index (κ2) is 8.66. The van der Waals surface area contributed by atoms with Gasteiger partial charge in [-0.1, -0.05) is 36.2 Å². The molecule has 0 bridgehead atoms. The Kier molecular flexibility index (Phi) is 5.79. The molecule has 1 aromatic heterocycles. The Hall–Kier alpha value is -3.21. The van der Waals surface area contributed by atoms with Crippen molar-refractivity contribution >= 4 is 17.4 Å². The summed E-state index contributed by atoms with van der Waals surface area (Å²) in [6.45, 7) is 8.37. The Morgan fingerprint density at radius 2 is 1.70 bits per heavy atom. The third kappa shape index (κ3) is 4.67. The molecule has 5 nitrogen and oxygen atoms in total. The van der Waals surface area contributed by atoms with Crippen LogP contribution in [-0.2, 0) is 0 Å². The molecule has 4 rings (SSSR count). The number of hydrogen-bond acceptors (Lipinski definition) is 4. The molecule has 1 aliphatic heterocycles. The number of nitrogens with one attached hydrogen (secondary N) is 1. The Bertz CT molecular complexity index is 1020. The Morgan fingerprint density at radius 1 is 0.967 bits per heavy atom. The van der Waals surface area contributed by atoms with E-state index in [1.54, 1.807) is 0 Å². The first kappa shape index (κ1) is 20.1. The molecular formula is C25H28N4O. The summed E-state index contributed by atoms with van der Waals surface area (Å²) in [5.74, 6) is 1.61. The number of nitrogens with zero attached hydrogens (tertiary/aromatic N) is 3. The predicted octanol–water partition coefficient (Wildman–Crippen LogP) is 5.25. The maximum atomic E-state index is 12.7. The van der Waals surface area contributed by atoms with Crippen molar-refractivity contribution in [3.63, 3.8) is 0 Å². The second-order valence-electron chi connectivity index (χ2n) is 8.36. The normalized spacial score (nSPS) is 14.6. The van der Waals surface area contributed by atoms with Gasteiger partial charge in [0.1, 0.15) is 0 Å². The van der Waals surface area contributed by atoms with Gasteiger partial charge in [0.25, 0.3) is 5.91 Å². The lowest BCUT2D eigenvalue weighted by molar-refractivity contribution is 0.102. The van der Waals surface area contributed by atoms with Crippen molar-refractivity contribution in [2.24, 2.45) is 5.92 Å². The molecular weight excluding hydrogens is 372 g/mol. The number of rotatable bonds is 4. The summed E-state index contributed by atoms with van der Waals surface area (Å²) >= 11 is 0. The second-order valence-corrected chi connectivity index (χ2v) is 8.36. The van der Waals surface area contributed by atoms with Gasteiger partial charge in [0, 0.05) is 29.9 Å². The molecule has 1 fully saturated rings. The number of aromatic nitrogens is 2. The molecule has 2 aromatic carbocycles. The molecule has 0 atom stereocenters. The van der Waals surface area contributed by atoms with Gasteiger partial charge >= 0.3 is 0 Å². The van der Waals surface area contributed by atoms with Crippen molar-refractivity contribution < 1.29 is 4.79 Å². The zero-order valence-electron chi connectivity index (χ0n) is 17.9. The Balaban J connectivity index is 1.48. The third-order valence-corrected chi connectivity index (χ3v) is 5.66. The summed E-state index contributed by atoms with van der Waals surface area (Å²) in [6.07, 6.45) is 2.40. The minimum atomic E-state index is -0.111. The molecule has 1 aliphatic rings. The van der Waals surface area contributed by atoms with Crippen LogP contribution in [0.4, 0.5) is 11.5 Å². The van der Waals surface area contributed by atoms with Crippen molar-refractivity contribution in [3.8, 4) is 11.3 Å². The SMILES string of the molecule is Cc1cc(C)cc(C(=O)Nc2cccc(-c3ccc(N4CCC(C)CC4)nn3)c2)c1. The average molecular weight is 401 g/mol. The summed E-state index contributed by atoms with van der Waals surface area (Å²) in [5.41, 5.74) is 5.29. The molecule has 5 heteroatoms. The predicted molar refractivity (Wildman–Crippen MR) is 122 cm³/mol. The number of carbonyl (C=O) groups is 1. The molecule has 0 unspecified atom stereocenters. The van der Waals surface area contributed by atoms with Gasteiger partial charge in [-0.25, -0.2) is 0 Å². The van der Waals surface area contributed by atoms with E-state index in [1.807, 2.05) is 62.4 Å². The van der Waals surface area contributed by atoms with Crippen LogP contribution in [0.15, 0.2) is 54.6 Å². The van der Waals surface area contributed by atoms with Crippen LogP contribution in [0.3, 0.4) is 0 Å². The zero-order valence-corrected chi connectivity index (χ0v) is 17.9. The van der Waals surface area contributed by atoms with Gasteiger partial charge in [0.15, 0.2) is 5.82 Å². The van der Waals surface area contributed by atoms with E-state index in [1.165, 1.54) is 12.8 Å². The van der Waals surface area contributed by atoms with Gasteiger partial charge in [-0.2, -0.15) is 0 Å². The highest BCUT2D eigenvalue weighted by Crippen LogP contribution is 2.24. The summed E-state index contributed by atoms with van der Waals surface area (Å²) in [5, 5.41) is 11.9. The van der Waals surface area contributed by atoms with Gasteiger partial charge < -0.3 is 10.2 Å². The molecule has 0 spiro atoms. The lowest BCUT2D eigenvalue weighted by atomic mass is 9.99. The van der Waals surface area contributed by atoms with Gasteiger partial charge in [-0.05, 0) is 69.0 Å². The number of aryl methyl sites for hydroxylation is 2. The summed E-state index contributed by atoms with van der Waals surface area (Å²) in [4.78, 5) is 15.0. The molecule has 1 N–H and O–H groups in total. The van der Waals surface area contributed by atoms with E-state index in [0.717, 1.165) is 52.9 Å². The monoisotopic (exact) mass is 400 g/mol. The van der Waals surface area contributed by atoms with Gasteiger partial charge in [0.2, 0.25) is 0 Å². The Morgan fingerprint density at radius 3 is 2.37 bits per heavy atom. The van der Waals surface area contributed by atoms with Crippen LogP contribution in [0.2, 0.25) is 0 Å². The van der Waals surface area contributed by atoms with Crippen molar-refractivity contribution in [1.29, 1.82) is 0 Å². The standard InChI is InChI=1S/C25H28N4O/c1-17-9-11-29(12-10-17)24-8-7-23(27-28-24)20-5-4-6-22(16-20)26-25(30)21-14-18(2)13-19(3)15-21/h4-8,13-17H,9-12H2,1-3H3,(H,26,30). The first-order valence-corrected chi connectivity index (χ1v) is 10.6. The molecule has 154 valence electrons. The van der Waals surface area contributed by atoms with Crippen molar-refractivity contribution in [2.45, 2.75) is 33.6 Å². The lowest BCUT2D eigenvalue weighted by Crippen LogP contribution is -2.33. The number of anilines is 2. The van der Waals surface area contributed by atoms with Crippen LogP contribution in [0.1, 0.15) is 41.3 Å². The first-order valence-electron chi connectivity index (χ1n) is 10.6. The molecule has 2 heterocycles. The topological polar surface area (TPSA) is 58.1 Å². The number of carbonyl (C=O) groups excluding carboxylic acids is 1. The summed E-state index contributed by atoms with van der Waals surface area (Å²) < 4.78 is 0. The fraction of sp³-hybridized carbons (Fsp3) is 0.320. The molecule has 30 heavy (non-hydrogen) atoms. The van der Waals surface area contributed by atoms with Crippen LogP contribution in [-0.4, -0.2) is 29.2 Å². The smallest absolute Gasteiger partial charge is 0.255 e. The summed E-state index contributed by atoms with van der Waals surface area (Å²) in [7, 11) is 0. The van der Waals surface area contributed by atoms with Crippen LogP contribution in [0.25, 0.3) is 11.3 Å². The van der Waals surface area contributed by atoms with E-state index in [0.29, 0.717) is 5.56 Å². The zero-order chi connectivity index (χ0) is 21.1. The fourth-order valence-corrected chi connectivity index (χ4v) is 3.95. The highest BCUT2D eigenvalue weighted by molar-refractivity contribution is 6.04. The molecule has 0 aliphatic carbocycles. The largest absolute Gasteiger partial charge is 0.355 e. The van der Waals surface area contributed by atoms with E-state index in [2.05, 4.69) is 33.4 Å². The van der Waals surface area contributed by atoms with E-state index < -0.39 is 0 Å². The van der Waals surface area contributed by atoms with Crippen LogP contribution in [0.5, 0.6) is 0 Å². The Labute approximate surface area is 178 Å². The van der Waals surface area contributed by atoms with Gasteiger partial charge in [-0.15, -0.1) is 10.2 Å². The molecule has 0 saturated carbocycles. The van der Waals surface area contributed by atoms with Gasteiger partial charge in [0.05, 0.1) is 5.69 Å². The maximum absolute atomic E-state index is 12.7. The maximum Gasteiger partial charge on any atom is 0.255 e. The average Bonchev–Trinajstić information content (AvgIpc) is 2.74. The van der Waals surface area contributed by atoms with E-state index in [9.17, 15) is 4.79 Å². The molecule has 1 amide bonds. The fourth-order valence-electron chi connectivity index (χ4n) is 3.95. The third-order valence-electron chi connectivity index (χ3n) is 5.66. The van der Waals surface area contributed by atoms with Crippen LogP contribution in [0, 0.1) is 19.8 Å². The van der Waals surface area contributed by atoms with Crippen LogP contribution < -0.4 is 10.2 Å². The summed E-state index contributed by atoms with van der Waals surface area (Å²) in [6, 6.07) is 17.6. The van der Waals surface area contributed by atoms with Crippen LogP contribution >= 0.6 is 0 Å². The number of piperidine rings is 1. The highest BCUT2D eigenvalue weighted by atomic mass is 16.1. The number of hydrogen-bond donors (Lipinski definition) is 1. The van der Waals surface area contributed by atoms with Gasteiger partial charge in [-0.3, -0.25) is 4.79 Å². The van der Waals surface area contributed by atoms with Crippen molar-refractivity contribution in [2.75, 3.05) is 23.3 Å². The number of benzene rings is 2. The van der Waals surface area contributed by atoms with E-state index in [-0.39, 0.29) is 5.91 Å². The van der Waals surface area contributed by atoms with E-state index in [4.69, 9.17) is 0 Å². The van der Waals surface area contributed by atoms with E-state index >= 15 is 0 Å². The lowest BCUT2D eigenvalue weighted by Gasteiger charge is -2.30. The minimum absolute atomic E-state index is 0.111.